The molecule has 0 bridgehead atoms. The number of nitrogens with zero attached hydrogens (tertiary/aromatic N) is 2. The molecule has 0 amide bonds. The van der Waals surface area contributed by atoms with E-state index in [9.17, 15) is 8.78 Å². The van der Waals surface area contributed by atoms with Crippen molar-refractivity contribution in [3.05, 3.63) is 71.1 Å². The topological polar surface area (TPSA) is 37.8 Å². The van der Waals surface area contributed by atoms with E-state index in [0.717, 1.165) is 22.4 Å². The van der Waals surface area contributed by atoms with Crippen LogP contribution in [0.3, 0.4) is 0 Å². The maximum Gasteiger partial charge on any atom is 0.149 e. The van der Waals surface area contributed by atoms with E-state index in [4.69, 9.17) is 0 Å². The van der Waals surface area contributed by atoms with Crippen LogP contribution in [-0.4, -0.2) is 9.97 Å². The van der Waals surface area contributed by atoms with Crippen molar-refractivity contribution in [2.45, 2.75) is 20.8 Å². The number of rotatable bonds is 3. The summed E-state index contributed by atoms with van der Waals surface area (Å²) in [5, 5.41) is 2.76. The van der Waals surface area contributed by atoms with Crippen molar-refractivity contribution in [2.24, 2.45) is 0 Å². The van der Waals surface area contributed by atoms with Crippen LogP contribution in [0.2, 0.25) is 0 Å². The quantitative estimate of drug-likeness (QED) is 0.729. The Labute approximate surface area is 139 Å². The number of benzene rings is 2. The Balaban J connectivity index is 2.02. The molecule has 0 aliphatic heterocycles. The molecule has 1 N–H and O–H groups in total. The van der Waals surface area contributed by atoms with E-state index >= 15 is 0 Å². The summed E-state index contributed by atoms with van der Waals surface area (Å²) in [7, 11) is 0. The Morgan fingerprint density at radius 3 is 2.08 bits per heavy atom. The number of aromatic nitrogens is 2. The van der Waals surface area contributed by atoms with Crippen LogP contribution in [0.5, 0.6) is 0 Å². The number of hydrogen-bond acceptors (Lipinski definition) is 3. The highest BCUT2D eigenvalue weighted by Gasteiger charge is 2.14. The summed E-state index contributed by atoms with van der Waals surface area (Å²) in [6.07, 6.45) is 1.38. The van der Waals surface area contributed by atoms with Crippen LogP contribution >= 0.6 is 0 Å². The molecule has 3 nitrogen and oxygen atoms in total. The van der Waals surface area contributed by atoms with Crippen molar-refractivity contribution in [1.29, 1.82) is 0 Å². The van der Waals surface area contributed by atoms with E-state index in [1.165, 1.54) is 18.5 Å². The lowest BCUT2D eigenvalue weighted by Gasteiger charge is -2.13. The van der Waals surface area contributed by atoms with Gasteiger partial charge in [-0.05, 0) is 38.5 Å². The van der Waals surface area contributed by atoms with Crippen LogP contribution in [0.4, 0.5) is 20.3 Å². The third-order valence-corrected chi connectivity index (χ3v) is 3.84. The van der Waals surface area contributed by atoms with Crippen LogP contribution in [0, 0.1) is 32.4 Å². The van der Waals surface area contributed by atoms with Gasteiger partial charge in [-0.1, -0.05) is 29.8 Å². The van der Waals surface area contributed by atoms with E-state index in [0.29, 0.717) is 11.4 Å². The Morgan fingerprint density at radius 1 is 0.833 bits per heavy atom. The third kappa shape index (κ3) is 3.11. The molecule has 0 aliphatic rings. The van der Waals surface area contributed by atoms with E-state index < -0.39 is 11.6 Å². The predicted octanol–water partition coefficient (Wildman–Crippen LogP) is 5.09. The molecule has 24 heavy (non-hydrogen) atoms. The van der Waals surface area contributed by atoms with Gasteiger partial charge < -0.3 is 5.32 Å². The molecule has 5 heteroatoms. The molecule has 0 saturated heterocycles. The molecule has 3 rings (SSSR count). The average Bonchev–Trinajstić information content (AvgIpc) is 2.53. The lowest BCUT2D eigenvalue weighted by Crippen LogP contribution is -2.04. The van der Waals surface area contributed by atoms with Gasteiger partial charge in [-0.2, -0.15) is 0 Å². The van der Waals surface area contributed by atoms with Crippen molar-refractivity contribution in [1.82, 2.24) is 9.97 Å². The molecule has 0 fully saturated rings. The standard InChI is InChI=1S/C19H17F2N3/c1-11-4-6-14(7-5-11)17-13(3)19(23-10-22-17)24-18-15(20)8-12(2)9-16(18)21/h4-10H,1-3H3,(H,22,23,24). The average molecular weight is 325 g/mol. The molecule has 0 unspecified atom stereocenters. The molecular formula is C19H17F2N3. The molecule has 0 radical (unpaired) electrons. The molecule has 0 aliphatic carbocycles. The number of aryl methyl sites for hydroxylation is 2. The summed E-state index contributed by atoms with van der Waals surface area (Å²) in [6.45, 7) is 5.47. The smallest absolute Gasteiger partial charge is 0.149 e. The first-order valence-electron chi connectivity index (χ1n) is 7.57. The summed E-state index contributed by atoms with van der Waals surface area (Å²) in [5.41, 5.74) is 3.83. The summed E-state index contributed by atoms with van der Waals surface area (Å²) >= 11 is 0. The highest BCUT2D eigenvalue weighted by molar-refractivity contribution is 5.71. The molecule has 3 aromatic rings. The van der Waals surface area contributed by atoms with E-state index in [2.05, 4.69) is 15.3 Å². The largest absolute Gasteiger partial charge is 0.335 e. The lowest BCUT2D eigenvalue weighted by atomic mass is 10.1. The van der Waals surface area contributed by atoms with Crippen LogP contribution in [0.1, 0.15) is 16.7 Å². The summed E-state index contributed by atoms with van der Waals surface area (Å²) in [4.78, 5) is 8.43. The first-order valence-corrected chi connectivity index (χ1v) is 7.57. The second-order valence-electron chi connectivity index (χ2n) is 5.79. The van der Waals surface area contributed by atoms with Crippen molar-refractivity contribution < 1.29 is 8.78 Å². The molecule has 2 aromatic carbocycles. The van der Waals surface area contributed by atoms with Crippen LogP contribution in [-0.2, 0) is 0 Å². The number of nitrogens with one attached hydrogen (secondary N) is 1. The van der Waals surface area contributed by atoms with Gasteiger partial charge >= 0.3 is 0 Å². The Bertz CT molecular complexity index is 867. The molecule has 0 atom stereocenters. The van der Waals surface area contributed by atoms with Gasteiger partial charge in [0.2, 0.25) is 0 Å². The zero-order valence-electron chi connectivity index (χ0n) is 13.7. The zero-order chi connectivity index (χ0) is 17.3. The lowest BCUT2D eigenvalue weighted by molar-refractivity contribution is 0.588. The van der Waals surface area contributed by atoms with E-state index in [1.807, 2.05) is 38.1 Å². The fourth-order valence-corrected chi connectivity index (χ4v) is 2.52. The molecule has 0 spiro atoms. The Hall–Kier alpha value is -2.82. The van der Waals surface area contributed by atoms with Gasteiger partial charge in [0.05, 0.1) is 5.69 Å². The van der Waals surface area contributed by atoms with Crippen molar-refractivity contribution >= 4 is 11.5 Å². The maximum atomic E-state index is 14.1. The van der Waals surface area contributed by atoms with E-state index in [-0.39, 0.29) is 5.69 Å². The minimum Gasteiger partial charge on any atom is -0.335 e. The second kappa shape index (κ2) is 6.35. The normalized spacial score (nSPS) is 10.7. The first kappa shape index (κ1) is 16.1. The number of anilines is 2. The second-order valence-corrected chi connectivity index (χ2v) is 5.79. The third-order valence-electron chi connectivity index (χ3n) is 3.84. The SMILES string of the molecule is Cc1ccc(-c2ncnc(Nc3c(F)cc(C)cc3F)c2C)cc1. The van der Waals surface area contributed by atoms with Gasteiger partial charge in [-0.25, -0.2) is 18.7 Å². The first-order chi connectivity index (χ1) is 11.5. The summed E-state index contributed by atoms with van der Waals surface area (Å²) < 4.78 is 28.1. The fourth-order valence-electron chi connectivity index (χ4n) is 2.52. The van der Waals surface area contributed by atoms with E-state index in [1.54, 1.807) is 6.92 Å². The van der Waals surface area contributed by atoms with Crippen molar-refractivity contribution in [3.63, 3.8) is 0 Å². The molecule has 1 aromatic heterocycles. The van der Waals surface area contributed by atoms with Gasteiger partial charge in [0.15, 0.2) is 0 Å². The minimum atomic E-state index is -0.651. The number of hydrogen-bond donors (Lipinski definition) is 1. The van der Waals surface area contributed by atoms with Crippen LogP contribution < -0.4 is 5.32 Å². The maximum absolute atomic E-state index is 14.1. The molecule has 1 heterocycles. The molecular weight excluding hydrogens is 308 g/mol. The van der Waals surface area contributed by atoms with Gasteiger partial charge in [0.25, 0.3) is 0 Å². The van der Waals surface area contributed by atoms with Crippen LogP contribution in [0.25, 0.3) is 11.3 Å². The summed E-state index contributed by atoms with van der Waals surface area (Å²) in [6, 6.07) is 10.5. The number of halogens is 2. The molecule has 0 saturated carbocycles. The van der Waals surface area contributed by atoms with Crippen molar-refractivity contribution in [2.75, 3.05) is 5.32 Å². The zero-order valence-corrected chi connectivity index (χ0v) is 13.7. The fraction of sp³-hybridized carbons (Fsp3) is 0.158. The monoisotopic (exact) mass is 325 g/mol. The van der Waals surface area contributed by atoms with Crippen LogP contribution in [0.15, 0.2) is 42.7 Å². The van der Waals surface area contributed by atoms with Gasteiger partial charge in [0.1, 0.15) is 29.5 Å². The Morgan fingerprint density at radius 2 is 1.46 bits per heavy atom. The van der Waals surface area contributed by atoms with Gasteiger partial charge in [-0.3, -0.25) is 0 Å². The highest BCUT2D eigenvalue weighted by Crippen LogP contribution is 2.29. The molecule has 122 valence electrons. The highest BCUT2D eigenvalue weighted by atomic mass is 19.1. The Kier molecular flexibility index (Phi) is 4.25. The summed E-state index contributed by atoms with van der Waals surface area (Å²) in [5.74, 6) is -0.924. The van der Waals surface area contributed by atoms with Gasteiger partial charge in [-0.15, -0.1) is 0 Å². The van der Waals surface area contributed by atoms with Gasteiger partial charge in [0, 0.05) is 11.1 Å². The van der Waals surface area contributed by atoms with Crippen molar-refractivity contribution in [3.8, 4) is 11.3 Å². The predicted molar refractivity (Wildman–Crippen MR) is 91.3 cm³/mol. The minimum absolute atomic E-state index is 0.211.